The number of hydrogen-bond donors (Lipinski definition) is 1. The van der Waals surface area contributed by atoms with Crippen molar-refractivity contribution in [2.24, 2.45) is 5.92 Å². The van der Waals surface area contributed by atoms with Crippen LogP contribution in [-0.4, -0.2) is 58.8 Å². The van der Waals surface area contributed by atoms with Crippen LogP contribution in [-0.2, 0) is 16.0 Å². The van der Waals surface area contributed by atoms with E-state index in [9.17, 15) is 14.4 Å². The summed E-state index contributed by atoms with van der Waals surface area (Å²) in [5.74, 6) is -0.326. The van der Waals surface area contributed by atoms with Gasteiger partial charge < -0.3 is 10.2 Å². The lowest BCUT2D eigenvalue weighted by molar-refractivity contribution is -0.137. The van der Waals surface area contributed by atoms with Crippen molar-refractivity contribution >= 4 is 17.8 Å². The highest BCUT2D eigenvalue weighted by atomic mass is 16.2. The molecule has 0 radical (unpaired) electrons. The third-order valence-electron chi connectivity index (χ3n) is 5.31. The Morgan fingerprint density at radius 3 is 2.88 bits per heavy atom. The molecule has 1 saturated heterocycles. The summed E-state index contributed by atoms with van der Waals surface area (Å²) in [5, 5.41) is 2.93. The smallest absolute Gasteiger partial charge is 0.324 e. The Morgan fingerprint density at radius 1 is 1.31 bits per heavy atom. The van der Waals surface area contributed by atoms with Gasteiger partial charge in [0.1, 0.15) is 0 Å². The van der Waals surface area contributed by atoms with Crippen molar-refractivity contribution in [2.75, 3.05) is 20.1 Å². The second-order valence-corrected chi connectivity index (χ2v) is 7.07. The lowest BCUT2D eigenvalue weighted by Crippen LogP contribution is -2.61. The predicted octanol–water partition coefficient (Wildman–Crippen LogP) is 1.58. The largest absolute Gasteiger partial charge is 0.345 e. The first-order valence-electron chi connectivity index (χ1n) is 9.32. The molecule has 2 heterocycles. The Hall–Kier alpha value is -2.44. The number of fused-ring (bicyclic) bond motifs is 1. The quantitative estimate of drug-likeness (QED) is 0.837. The second kappa shape index (κ2) is 8.29. The van der Waals surface area contributed by atoms with Crippen molar-refractivity contribution in [3.05, 3.63) is 30.1 Å². The Morgan fingerprint density at radius 2 is 2.12 bits per heavy atom. The van der Waals surface area contributed by atoms with Crippen LogP contribution in [0.25, 0.3) is 0 Å². The van der Waals surface area contributed by atoms with Crippen molar-refractivity contribution in [1.29, 1.82) is 0 Å². The van der Waals surface area contributed by atoms with E-state index in [-0.39, 0.29) is 42.8 Å². The number of aromatic nitrogens is 1. The maximum absolute atomic E-state index is 12.6. The molecule has 2 aliphatic rings. The highest BCUT2D eigenvalue weighted by Crippen LogP contribution is 2.29. The van der Waals surface area contributed by atoms with E-state index in [1.165, 1.54) is 4.90 Å². The van der Waals surface area contributed by atoms with Gasteiger partial charge in [-0.3, -0.25) is 19.5 Å². The van der Waals surface area contributed by atoms with Gasteiger partial charge in [0.05, 0.1) is 5.92 Å². The topological polar surface area (TPSA) is 82.6 Å². The van der Waals surface area contributed by atoms with Crippen LogP contribution in [0.1, 0.15) is 37.8 Å². The number of nitrogens with zero attached hydrogens (tertiary/aromatic N) is 3. The average Bonchev–Trinajstić information content (AvgIpc) is 2.66. The summed E-state index contributed by atoms with van der Waals surface area (Å²) in [4.78, 5) is 44.2. The number of nitrogens with one attached hydrogen (secondary N) is 1. The number of carbonyl (C=O) groups is 3. The van der Waals surface area contributed by atoms with Crippen LogP contribution in [0.2, 0.25) is 0 Å². The Bertz CT molecular complexity index is 664. The summed E-state index contributed by atoms with van der Waals surface area (Å²) in [7, 11) is 1.74. The van der Waals surface area contributed by atoms with Crippen LogP contribution < -0.4 is 5.32 Å². The Balaban J connectivity index is 1.48. The van der Waals surface area contributed by atoms with Crippen molar-refractivity contribution in [2.45, 2.75) is 44.6 Å². The molecule has 1 aromatic heterocycles. The SMILES string of the molecule is CN(CCc1ccccn1)C(=O)CCN1C(=O)NC2CCCCC2C1=O. The van der Waals surface area contributed by atoms with E-state index in [0.717, 1.165) is 31.4 Å². The minimum Gasteiger partial charge on any atom is -0.345 e. The number of pyridine rings is 1. The first-order chi connectivity index (χ1) is 12.6. The molecule has 1 aliphatic carbocycles. The summed E-state index contributed by atoms with van der Waals surface area (Å²) < 4.78 is 0. The van der Waals surface area contributed by atoms with Crippen LogP contribution in [0.15, 0.2) is 24.4 Å². The van der Waals surface area contributed by atoms with E-state index in [1.54, 1.807) is 18.1 Å². The zero-order valence-corrected chi connectivity index (χ0v) is 15.2. The van der Waals surface area contributed by atoms with Gasteiger partial charge in [-0.05, 0) is 25.0 Å². The molecular weight excluding hydrogens is 332 g/mol. The molecule has 3 rings (SSSR count). The van der Waals surface area contributed by atoms with Crippen molar-refractivity contribution in [3.63, 3.8) is 0 Å². The molecule has 0 spiro atoms. The number of amides is 4. The summed E-state index contributed by atoms with van der Waals surface area (Å²) in [6.45, 7) is 0.696. The van der Waals surface area contributed by atoms with Gasteiger partial charge >= 0.3 is 6.03 Å². The number of urea groups is 1. The molecule has 7 nitrogen and oxygen atoms in total. The van der Waals surface area contributed by atoms with Gasteiger partial charge in [0.15, 0.2) is 0 Å². The molecule has 4 amide bonds. The van der Waals surface area contributed by atoms with Gasteiger partial charge in [-0.15, -0.1) is 0 Å². The minimum atomic E-state index is -0.359. The number of hydrogen-bond acceptors (Lipinski definition) is 4. The van der Waals surface area contributed by atoms with Crippen molar-refractivity contribution in [3.8, 4) is 0 Å². The maximum Gasteiger partial charge on any atom is 0.324 e. The third kappa shape index (κ3) is 4.20. The van der Waals surface area contributed by atoms with Gasteiger partial charge in [-0.1, -0.05) is 18.9 Å². The molecule has 0 bridgehead atoms. The summed E-state index contributed by atoms with van der Waals surface area (Å²) in [5.41, 5.74) is 0.932. The van der Waals surface area contributed by atoms with Gasteiger partial charge in [0, 0.05) is 50.9 Å². The fraction of sp³-hybridized carbons (Fsp3) is 0.579. The predicted molar refractivity (Wildman–Crippen MR) is 96.2 cm³/mol. The highest BCUT2D eigenvalue weighted by Gasteiger charge is 2.41. The number of carbonyl (C=O) groups excluding carboxylic acids is 3. The van der Waals surface area contributed by atoms with E-state index < -0.39 is 0 Å². The zero-order valence-electron chi connectivity index (χ0n) is 15.2. The minimum absolute atomic E-state index is 0.0308. The molecule has 2 atom stereocenters. The van der Waals surface area contributed by atoms with Crippen LogP contribution in [0.3, 0.4) is 0 Å². The summed E-state index contributed by atoms with van der Waals surface area (Å²) in [6, 6.07) is 5.31. The molecule has 1 N–H and O–H groups in total. The fourth-order valence-corrected chi connectivity index (χ4v) is 3.70. The number of likely N-dealkylation sites (N-methyl/N-ethyl adjacent to an activating group) is 1. The number of imide groups is 1. The van der Waals surface area contributed by atoms with Crippen LogP contribution >= 0.6 is 0 Å². The lowest BCUT2D eigenvalue weighted by Gasteiger charge is -2.40. The molecule has 1 saturated carbocycles. The fourth-order valence-electron chi connectivity index (χ4n) is 3.70. The third-order valence-corrected chi connectivity index (χ3v) is 5.31. The molecule has 2 fully saturated rings. The Labute approximate surface area is 153 Å². The van der Waals surface area contributed by atoms with E-state index in [4.69, 9.17) is 0 Å². The first-order valence-corrected chi connectivity index (χ1v) is 9.32. The van der Waals surface area contributed by atoms with Gasteiger partial charge in [-0.2, -0.15) is 0 Å². The molecule has 7 heteroatoms. The number of rotatable bonds is 6. The second-order valence-electron chi connectivity index (χ2n) is 7.07. The van der Waals surface area contributed by atoms with E-state index >= 15 is 0 Å². The van der Waals surface area contributed by atoms with E-state index in [2.05, 4.69) is 10.3 Å². The van der Waals surface area contributed by atoms with Crippen LogP contribution in [0.4, 0.5) is 4.79 Å². The molecular formula is C19H26N4O3. The van der Waals surface area contributed by atoms with E-state index in [1.807, 2.05) is 18.2 Å². The van der Waals surface area contributed by atoms with Crippen molar-refractivity contribution < 1.29 is 14.4 Å². The van der Waals surface area contributed by atoms with E-state index in [0.29, 0.717) is 13.0 Å². The molecule has 140 valence electrons. The normalized spacial score (nSPS) is 22.6. The first kappa shape index (κ1) is 18.4. The lowest BCUT2D eigenvalue weighted by atomic mass is 9.82. The molecule has 26 heavy (non-hydrogen) atoms. The van der Waals surface area contributed by atoms with Crippen LogP contribution in [0, 0.1) is 5.92 Å². The highest BCUT2D eigenvalue weighted by molar-refractivity contribution is 5.99. The molecule has 1 aliphatic heterocycles. The van der Waals surface area contributed by atoms with Gasteiger partial charge in [0.2, 0.25) is 11.8 Å². The molecule has 1 aromatic rings. The maximum atomic E-state index is 12.6. The summed E-state index contributed by atoms with van der Waals surface area (Å²) in [6.07, 6.45) is 6.31. The van der Waals surface area contributed by atoms with Crippen LogP contribution in [0.5, 0.6) is 0 Å². The summed E-state index contributed by atoms with van der Waals surface area (Å²) >= 11 is 0. The average molecular weight is 358 g/mol. The zero-order chi connectivity index (χ0) is 18.5. The standard InChI is InChI=1S/C19H26N4O3/c1-22(12-9-14-6-4-5-11-20-14)17(24)10-13-23-18(25)15-7-2-3-8-16(15)21-19(23)26/h4-6,11,15-16H,2-3,7-10,12-13H2,1H3,(H,21,26). The van der Waals surface area contributed by atoms with Crippen molar-refractivity contribution in [1.82, 2.24) is 20.1 Å². The molecule has 0 aromatic carbocycles. The Kier molecular flexibility index (Phi) is 5.85. The monoisotopic (exact) mass is 358 g/mol. The van der Waals surface area contributed by atoms with Gasteiger partial charge in [-0.25, -0.2) is 4.79 Å². The molecule has 2 unspecified atom stereocenters. The van der Waals surface area contributed by atoms with Gasteiger partial charge in [0.25, 0.3) is 0 Å².